The second-order valence-corrected chi connectivity index (χ2v) is 6.10. The standard InChI is InChI=1S/C17H15BrClNO/c1-11-9-12(2)17(15(18)10-11)20-16(21)8-5-13-3-6-14(19)7-4-13/h3-10H,1-2H3,(H,20,21)/b8-5+. The minimum atomic E-state index is -0.169. The Hall–Kier alpha value is -1.58. The number of rotatable bonds is 3. The molecular formula is C17H15BrClNO. The second kappa shape index (κ2) is 6.92. The molecule has 0 aromatic heterocycles. The quantitative estimate of drug-likeness (QED) is 0.729. The lowest BCUT2D eigenvalue weighted by Crippen LogP contribution is -2.09. The zero-order valence-electron chi connectivity index (χ0n) is 11.8. The molecule has 0 saturated heterocycles. The number of amides is 1. The Kier molecular flexibility index (Phi) is 5.21. The van der Waals surface area contributed by atoms with Gasteiger partial charge in [0.1, 0.15) is 0 Å². The highest BCUT2D eigenvalue weighted by atomic mass is 79.9. The van der Waals surface area contributed by atoms with Crippen LogP contribution in [0.3, 0.4) is 0 Å². The highest BCUT2D eigenvalue weighted by molar-refractivity contribution is 9.10. The fourth-order valence-corrected chi connectivity index (χ4v) is 2.88. The van der Waals surface area contributed by atoms with E-state index in [0.29, 0.717) is 5.02 Å². The lowest BCUT2D eigenvalue weighted by atomic mass is 10.1. The monoisotopic (exact) mass is 363 g/mol. The maximum absolute atomic E-state index is 12.0. The van der Waals surface area contributed by atoms with E-state index in [9.17, 15) is 4.79 Å². The predicted octanol–water partition coefficient (Wildman–Crippen LogP) is 5.37. The van der Waals surface area contributed by atoms with Gasteiger partial charge in [0.2, 0.25) is 5.91 Å². The summed E-state index contributed by atoms with van der Waals surface area (Å²) in [5.41, 5.74) is 3.89. The Balaban J connectivity index is 2.10. The lowest BCUT2D eigenvalue weighted by Gasteiger charge is -2.10. The summed E-state index contributed by atoms with van der Waals surface area (Å²) in [4.78, 5) is 12.0. The molecule has 1 N–H and O–H groups in total. The van der Waals surface area contributed by atoms with E-state index in [1.807, 2.05) is 38.1 Å². The van der Waals surface area contributed by atoms with Crippen LogP contribution in [-0.2, 0) is 4.79 Å². The van der Waals surface area contributed by atoms with Gasteiger partial charge in [-0.15, -0.1) is 0 Å². The Morgan fingerprint density at radius 2 is 1.86 bits per heavy atom. The second-order valence-electron chi connectivity index (χ2n) is 4.81. The molecule has 1 amide bonds. The zero-order chi connectivity index (χ0) is 15.4. The van der Waals surface area contributed by atoms with Crippen LogP contribution in [0.2, 0.25) is 5.02 Å². The molecule has 2 rings (SSSR count). The van der Waals surface area contributed by atoms with Crippen LogP contribution in [0, 0.1) is 13.8 Å². The molecular weight excluding hydrogens is 350 g/mol. The van der Waals surface area contributed by atoms with Crippen LogP contribution in [0.1, 0.15) is 16.7 Å². The van der Waals surface area contributed by atoms with Gasteiger partial charge in [0.25, 0.3) is 0 Å². The third-order valence-corrected chi connectivity index (χ3v) is 3.85. The summed E-state index contributed by atoms with van der Waals surface area (Å²) in [6.07, 6.45) is 3.26. The first-order valence-electron chi connectivity index (χ1n) is 6.47. The number of halogens is 2. The molecule has 0 radical (unpaired) electrons. The van der Waals surface area contributed by atoms with Crippen LogP contribution in [0.25, 0.3) is 6.08 Å². The molecule has 0 aliphatic rings. The number of nitrogens with one attached hydrogen (secondary N) is 1. The molecule has 4 heteroatoms. The average molecular weight is 365 g/mol. The van der Waals surface area contributed by atoms with Crippen molar-refractivity contribution >= 4 is 45.2 Å². The minimum Gasteiger partial charge on any atom is -0.321 e. The first kappa shape index (κ1) is 15.8. The Labute approximate surface area is 138 Å². The number of aryl methyl sites for hydroxylation is 2. The molecule has 108 valence electrons. The van der Waals surface area contributed by atoms with Crippen LogP contribution >= 0.6 is 27.5 Å². The highest BCUT2D eigenvalue weighted by Crippen LogP contribution is 2.27. The highest BCUT2D eigenvalue weighted by Gasteiger charge is 2.07. The lowest BCUT2D eigenvalue weighted by molar-refractivity contribution is -0.111. The van der Waals surface area contributed by atoms with Crippen LogP contribution < -0.4 is 5.32 Å². The van der Waals surface area contributed by atoms with Gasteiger partial charge in [-0.25, -0.2) is 0 Å². The van der Waals surface area contributed by atoms with Crippen LogP contribution in [0.5, 0.6) is 0 Å². The zero-order valence-corrected chi connectivity index (χ0v) is 14.1. The smallest absolute Gasteiger partial charge is 0.248 e. The van der Waals surface area contributed by atoms with Gasteiger partial charge in [0.15, 0.2) is 0 Å². The number of carbonyl (C=O) groups excluding carboxylic acids is 1. The van der Waals surface area contributed by atoms with Crippen molar-refractivity contribution in [1.29, 1.82) is 0 Å². The largest absolute Gasteiger partial charge is 0.321 e. The van der Waals surface area contributed by atoms with Crippen molar-refractivity contribution in [3.63, 3.8) is 0 Å². The molecule has 2 aromatic carbocycles. The number of anilines is 1. The van der Waals surface area contributed by atoms with E-state index in [2.05, 4.69) is 21.2 Å². The maximum atomic E-state index is 12.0. The SMILES string of the molecule is Cc1cc(C)c(NC(=O)/C=C/c2ccc(Cl)cc2)c(Br)c1. The third-order valence-electron chi connectivity index (χ3n) is 2.98. The van der Waals surface area contributed by atoms with Crippen molar-refractivity contribution in [2.24, 2.45) is 0 Å². The van der Waals surface area contributed by atoms with Crippen molar-refractivity contribution in [1.82, 2.24) is 0 Å². The average Bonchev–Trinajstić information content (AvgIpc) is 2.42. The molecule has 0 aliphatic carbocycles. The Morgan fingerprint density at radius 3 is 2.48 bits per heavy atom. The Morgan fingerprint density at radius 1 is 1.19 bits per heavy atom. The molecule has 0 aliphatic heterocycles. The molecule has 2 aromatic rings. The predicted molar refractivity (Wildman–Crippen MR) is 92.7 cm³/mol. The summed E-state index contributed by atoms with van der Waals surface area (Å²) in [5.74, 6) is -0.169. The molecule has 0 saturated carbocycles. The summed E-state index contributed by atoms with van der Waals surface area (Å²) < 4.78 is 0.883. The van der Waals surface area contributed by atoms with Crippen molar-refractivity contribution in [3.05, 3.63) is 68.7 Å². The van der Waals surface area contributed by atoms with E-state index < -0.39 is 0 Å². The van der Waals surface area contributed by atoms with Gasteiger partial charge < -0.3 is 5.32 Å². The van der Waals surface area contributed by atoms with Gasteiger partial charge in [-0.2, -0.15) is 0 Å². The number of hydrogen-bond acceptors (Lipinski definition) is 1. The summed E-state index contributed by atoms with van der Waals surface area (Å²) in [7, 11) is 0. The number of carbonyl (C=O) groups is 1. The maximum Gasteiger partial charge on any atom is 0.248 e. The van der Waals surface area contributed by atoms with E-state index in [0.717, 1.165) is 26.9 Å². The van der Waals surface area contributed by atoms with E-state index in [1.165, 1.54) is 6.08 Å². The van der Waals surface area contributed by atoms with E-state index in [-0.39, 0.29) is 5.91 Å². The first-order chi connectivity index (χ1) is 9.95. The first-order valence-corrected chi connectivity index (χ1v) is 7.64. The Bertz CT molecular complexity index is 669. The molecule has 21 heavy (non-hydrogen) atoms. The summed E-state index contributed by atoms with van der Waals surface area (Å²) in [6, 6.07) is 11.3. The van der Waals surface area contributed by atoms with Gasteiger partial charge in [0.05, 0.1) is 5.69 Å². The van der Waals surface area contributed by atoms with Gasteiger partial charge in [-0.1, -0.05) is 29.8 Å². The topological polar surface area (TPSA) is 29.1 Å². The fourth-order valence-electron chi connectivity index (χ4n) is 1.98. The van der Waals surface area contributed by atoms with Crippen LogP contribution in [-0.4, -0.2) is 5.91 Å². The van der Waals surface area contributed by atoms with E-state index in [4.69, 9.17) is 11.6 Å². The number of hydrogen-bond donors (Lipinski definition) is 1. The van der Waals surface area contributed by atoms with Gasteiger partial charge >= 0.3 is 0 Å². The van der Waals surface area contributed by atoms with Crippen molar-refractivity contribution < 1.29 is 4.79 Å². The molecule has 2 nitrogen and oxygen atoms in total. The molecule has 0 bridgehead atoms. The summed E-state index contributed by atoms with van der Waals surface area (Å²) >= 11 is 9.30. The molecule has 0 atom stereocenters. The van der Waals surface area contributed by atoms with Crippen molar-refractivity contribution in [3.8, 4) is 0 Å². The summed E-state index contributed by atoms with van der Waals surface area (Å²) in [5, 5.41) is 3.57. The van der Waals surface area contributed by atoms with Crippen molar-refractivity contribution in [2.45, 2.75) is 13.8 Å². The van der Waals surface area contributed by atoms with Gasteiger partial charge in [-0.3, -0.25) is 4.79 Å². The fraction of sp³-hybridized carbons (Fsp3) is 0.118. The third kappa shape index (κ3) is 4.45. The molecule has 0 fully saturated rings. The molecule has 0 heterocycles. The van der Waals surface area contributed by atoms with Crippen LogP contribution in [0.15, 0.2) is 46.9 Å². The normalized spacial score (nSPS) is 10.9. The summed E-state index contributed by atoms with van der Waals surface area (Å²) in [6.45, 7) is 3.99. The van der Waals surface area contributed by atoms with Crippen LogP contribution in [0.4, 0.5) is 5.69 Å². The molecule has 0 unspecified atom stereocenters. The number of benzene rings is 2. The molecule has 0 spiro atoms. The van der Waals surface area contributed by atoms with E-state index in [1.54, 1.807) is 18.2 Å². The van der Waals surface area contributed by atoms with E-state index >= 15 is 0 Å². The van der Waals surface area contributed by atoms with Gasteiger partial charge in [0, 0.05) is 15.6 Å². The van der Waals surface area contributed by atoms with Crippen molar-refractivity contribution in [2.75, 3.05) is 5.32 Å². The van der Waals surface area contributed by atoms with Gasteiger partial charge in [-0.05, 0) is 70.7 Å². The minimum absolute atomic E-state index is 0.169.